The zero-order valence-electron chi connectivity index (χ0n) is 17.8. The quantitative estimate of drug-likeness (QED) is 0.248. The first-order chi connectivity index (χ1) is 15.9. The summed E-state index contributed by atoms with van der Waals surface area (Å²) in [5, 5.41) is 18.1. The summed E-state index contributed by atoms with van der Waals surface area (Å²) in [5.74, 6) is 0.308. The molecule has 1 aliphatic heterocycles. The maximum Gasteiger partial charge on any atom is 0.343 e. The van der Waals surface area contributed by atoms with Gasteiger partial charge in [-0.1, -0.05) is 19.1 Å². The fourth-order valence-electron chi connectivity index (χ4n) is 4.24. The molecule has 2 N–H and O–H groups in total. The van der Waals surface area contributed by atoms with Crippen molar-refractivity contribution in [3.05, 3.63) is 85.8 Å². The second-order valence-corrected chi connectivity index (χ2v) is 9.47. The van der Waals surface area contributed by atoms with Crippen LogP contribution >= 0.6 is 11.3 Å². The maximum absolute atomic E-state index is 12.9. The number of nitro groups is 1. The van der Waals surface area contributed by atoms with Crippen molar-refractivity contribution in [2.24, 2.45) is 5.92 Å². The number of fused-ring (bicyclic) bond motifs is 3. The predicted molar refractivity (Wildman–Crippen MR) is 124 cm³/mol. The zero-order valence-corrected chi connectivity index (χ0v) is 18.6. The number of thiophene rings is 1. The molecule has 9 heteroatoms. The highest BCUT2D eigenvalue weighted by atomic mass is 32.1. The number of carbonyl (C=O) groups excluding carboxylic acids is 2. The number of anilines is 1. The minimum atomic E-state index is -0.607. The predicted octanol–water partition coefficient (Wildman–Crippen LogP) is 4.85. The normalized spacial score (nSPS) is 19.0. The maximum atomic E-state index is 12.9. The third-order valence-corrected chi connectivity index (χ3v) is 7.21. The van der Waals surface area contributed by atoms with Gasteiger partial charge in [0.05, 0.1) is 16.1 Å². The van der Waals surface area contributed by atoms with E-state index in [1.165, 1.54) is 34.7 Å². The van der Waals surface area contributed by atoms with E-state index < -0.39 is 10.9 Å². The average Bonchev–Trinajstić information content (AvgIpc) is 3.17. The Morgan fingerprint density at radius 3 is 2.55 bits per heavy atom. The Labute approximate surface area is 193 Å². The first-order valence-electron chi connectivity index (χ1n) is 10.7. The first kappa shape index (κ1) is 21.1. The second-order valence-electron chi connectivity index (χ2n) is 8.37. The number of nitro benzene ring substituents is 1. The Hall–Kier alpha value is -3.72. The van der Waals surface area contributed by atoms with Crippen LogP contribution in [0, 0.1) is 16.0 Å². The van der Waals surface area contributed by atoms with Crippen LogP contribution in [0.4, 0.5) is 10.7 Å². The molecule has 0 fully saturated rings. The van der Waals surface area contributed by atoms with Gasteiger partial charge >= 0.3 is 5.97 Å². The van der Waals surface area contributed by atoms with Crippen molar-refractivity contribution in [1.82, 2.24) is 5.32 Å². The van der Waals surface area contributed by atoms with E-state index in [4.69, 9.17) is 4.74 Å². The van der Waals surface area contributed by atoms with E-state index in [0.29, 0.717) is 11.7 Å². The molecule has 1 aromatic heterocycles. The second kappa shape index (κ2) is 8.32. The molecule has 0 spiro atoms. The molecule has 0 radical (unpaired) electrons. The Bertz CT molecular complexity index is 1250. The van der Waals surface area contributed by atoms with Crippen LogP contribution < -0.4 is 15.4 Å². The van der Waals surface area contributed by atoms with E-state index in [9.17, 15) is 19.7 Å². The zero-order chi connectivity index (χ0) is 23.1. The van der Waals surface area contributed by atoms with Gasteiger partial charge in [-0.3, -0.25) is 14.9 Å². The Kier molecular flexibility index (Phi) is 5.33. The molecule has 0 saturated carbocycles. The molecule has 2 atom stereocenters. The molecule has 8 nitrogen and oxygen atoms in total. The largest absolute Gasteiger partial charge is 0.423 e. The van der Waals surface area contributed by atoms with Crippen molar-refractivity contribution >= 4 is 33.9 Å². The number of hydrogen-bond acceptors (Lipinski definition) is 7. The van der Waals surface area contributed by atoms with Crippen LogP contribution in [-0.2, 0) is 12.8 Å². The number of non-ortho nitro benzene ring substituents is 1. The summed E-state index contributed by atoms with van der Waals surface area (Å²) in [7, 11) is 0. The summed E-state index contributed by atoms with van der Waals surface area (Å²) in [5.41, 5.74) is 2.93. The van der Waals surface area contributed by atoms with Gasteiger partial charge in [0.25, 0.3) is 11.6 Å². The Balaban J connectivity index is 1.28. The summed E-state index contributed by atoms with van der Waals surface area (Å²) in [4.78, 5) is 36.7. The van der Waals surface area contributed by atoms with Gasteiger partial charge in [-0.05, 0) is 60.6 Å². The summed E-state index contributed by atoms with van der Waals surface area (Å²) >= 11 is 1.67. The highest BCUT2D eigenvalue weighted by molar-refractivity contribution is 7.16. The number of nitrogens with zero attached hydrogens (tertiary/aromatic N) is 1. The van der Waals surface area contributed by atoms with E-state index >= 15 is 0 Å². The number of amides is 1. The molecular weight excluding hydrogens is 442 g/mol. The van der Waals surface area contributed by atoms with Crippen molar-refractivity contribution in [3.63, 3.8) is 0 Å². The lowest BCUT2D eigenvalue weighted by molar-refractivity contribution is -0.384. The standard InChI is InChI=1S/C24H21N3O5S/c1-13-2-11-18-19(12-13)33-23-20(18)22(28)25-21(26-23)14-5-9-17(10-6-14)32-24(29)15-3-7-16(8-4-15)27(30)31/h3-10,13,21,26H,2,11-12H2,1H3,(H,25,28)/t13-,21-/m1/s1. The summed E-state index contributed by atoms with van der Waals surface area (Å²) < 4.78 is 5.37. The highest BCUT2D eigenvalue weighted by Gasteiger charge is 2.33. The van der Waals surface area contributed by atoms with E-state index in [1.807, 2.05) is 0 Å². The van der Waals surface area contributed by atoms with Crippen molar-refractivity contribution in [1.29, 1.82) is 0 Å². The fourth-order valence-corrected chi connectivity index (χ4v) is 5.68. The van der Waals surface area contributed by atoms with Crippen LogP contribution in [0.5, 0.6) is 5.75 Å². The summed E-state index contributed by atoms with van der Waals surface area (Å²) in [6.07, 6.45) is 2.69. The fraction of sp³-hybridized carbons (Fsp3) is 0.250. The lowest BCUT2D eigenvalue weighted by Crippen LogP contribution is -2.38. The number of carbonyl (C=O) groups is 2. The van der Waals surface area contributed by atoms with Gasteiger partial charge in [0.1, 0.15) is 16.9 Å². The van der Waals surface area contributed by atoms with E-state index in [1.54, 1.807) is 35.6 Å². The van der Waals surface area contributed by atoms with Gasteiger partial charge in [-0.15, -0.1) is 11.3 Å². The SMILES string of the molecule is C[C@@H]1CCc2c(sc3c2C(=O)N[C@@H](c2ccc(OC(=O)c4ccc([N+](=O)[O-])cc4)cc2)N3)C1. The van der Waals surface area contributed by atoms with Gasteiger partial charge in [-0.25, -0.2) is 4.79 Å². The molecule has 2 aliphatic rings. The number of hydrogen-bond donors (Lipinski definition) is 2. The van der Waals surface area contributed by atoms with Gasteiger partial charge < -0.3 is 15.4 Å². The van der Waals surface area contributed by atoms with Crippen LogP contribution in [0.25, 0.3) is 0 Å². The number of ether oxygens (including phenoxy) is 1. The number of benzene rings is 2. The molecule has 3 aromatic rings. The monoisotopic (exact) mass is 463 g/mol. The third kappa shape index (κ3) is 4.07. The minimum Gasteiger partial charge on any atom is -0.423 e. The number of rotatable bonds is 4. The smallest absolute Gasteiger partial charge is 0.343 e. The Morgan fingerprint density at radius 1 is 1.12 bits per heavy atom. The van der Waals surface area contributed by atoms with Crippen LogP contribution in [0.3, 0.4) is 0 Å². The molecule has 0 saturated heterocycles. The molecular formula is C24H21N3O5S. The number of nitrogens with one attached hydrogen (secondary N) is 2. The van der Waals surface area contributed by atoms with E-state index in [0.717, 1.165) is 35.4 Å². The molecule has 33 heavy (non-hydrogen) atoms. The minimum absolute atomic E-state index is 0.0607. The average molecular weight is 464 g/mol. The lowest BCUT2D eigenvalue weighted by atomic mass is 9.88. The van der Waals surface area contributed by atoms with Crippen molar-refractivity contribution in [3.8, 4) is 5.75 Å². The van der Waals surface area contributed by atoms with E-state index in [2.05, 4.69) is 17.6 Å². The lowest BCUT2D eigenvalue weighted by Gasteiger charge is -2.27. The molecule has 2 heterocycles. The highest BCUT2D eigenvalue weighted by Crippen LogP contribution is 2.42. The summed E-state index contributed by atoms with van der Waals surface area (Å²) in [6, 6.07) is 12.1. The van der Waals surface area contributed by atoms with E-state index in [-0.39, 0.29) is 23.3 Å². The van der Waals surface area contributed by atoms with Crippen LogP contribution in [0.2, 0.25) is 0 Å². The Morgan fingerprint density at radius 2 is 1.85 bits per heavy atom. The third-order valence-electron chi connectivity index (χ3n) is 6.03. The van der Waals surface area contributed by atoms with Gasteiger partial charge in [0.15, 0.2) is 0 Å². The van der Waals surface area contributed by atoms with Crippen molar-refractivity contribution in [2.75, 3.05) is 5.32 Å². The topological polar surface area (TPSA) is 111 Å². The summed E-state index contributed by atoms with van der Waals surface area (Å²) in [6.45, 7) is 2.24. The van der Waals surface area contributed by atoms with Gasteiger partial charge in [0.2, 0.25) is 0 Å². The van der Waals surface area contributed by atoms with Crippen LogP contribution in [0.1, 0.15) is 56.2 Å². The molecule has 168 valence electrons. The molecule has 2 aromatic carbocycles. The van der Waals surface area contributed by atoms with Crippen LogP contribution in [0.15, 0.2) is 48.5 Å². The van der Waals surface area contributed by atoms with Crippen LogP contribution in [-0.4, -0.2) is 16.8 Å². The number of esters is 1. The molecule has 0 bridgehead atoms. The first-order valence-corrected chi connectivity index (χ1v) is 11.5. The van der Waals surface area contributed by atoms with Gasteiger partial charge in [0, 0.05) is 17.0 Å². The molecule has 1 amide bonds. The van der Waals surface area contributed by atoms with Crippen molar-refractivity contribution < 1.29 is 19.2 Å². The molecule has 1 aliphatic carbocycles. The van der Waals surface area contributed by atoms with Gasteiger partial charge in [-0.2, -0.15) is 0 Å². The molecule has 0 unspecified atom stereocenters. The molecule has 5 rings (SSSR count). The van der Waals surface area contributed by atoms with Crippen molar-refractivity contribution in [2.45, 2.75) is 32.4 Å².